The summed E-state index contributed by atoms with van der Waals surface area (Å²) < 4.78 is 11.4. The number of rotatable bonds is 6. The van der Waals surface area contributed by atoms with Gasteiger partial charge in [-0.15, -0.1) is 0 Å². The van der Waals surface area contributed by atoms with Crippen LogP contribution in [0.4, 0.5) is 5.69 Å². The molecule has 6 nitrogen and oxygen atoms in total. The first-order valence-corrected chi connectivity index (χ1v) is 8.77. The number of anilines is 1. The predicted molar refractivity (Wildman–Crippen MR) is 100 cm³/mol. The zero-order valence-electron chi connectivity index (χ0n) is 15.4. The van der Waals surface area contributed by atoms with Gasteiger partial charge in [0.05, 0.1) is 6.10 Å². The highest BCUT2D eigenvalue weighted by atomic mass is 16.5. The average molecular weight is 355 g/mol. The van der Waals surface area contributed by atoms with E-state index in [0.717, 1.165) is 0 Å². The van der Waals surface area contributed by atoms with Crippen LogP contribution in [-0.2, 0) is 9.53 Å². The molecule has 26 heavy (non-hydrogen) atoms. The number of amides is 1. The van der Waals surface area contributed by atoms with Gasteiger partial charge in [-0.1, -0.05) is 26.0 Å². The van der Waals surface area contributed by atoms with Gasteiger partial charge in [-0.25, -0.2) is 4.98 Å². The molecular formula is C20H25N3O3. The van der Waals surface area contributed by atoms with Crippen LogP contribution in [-0.4, -0.2) is 29.1 Å². The second-order valence-corrected chi connectivity index (χ2v) is 7.09. The van der Waals surface area contributed by atoms with Gasteiger partial charge in [-0.3, -0.25) is 4.79 Å². The molecule has 1 aliphatic rings. The van der Waals surface area contributed by atoms with Gasteiger partial charge < -0.3 is 20.5 Å². The van der Waals surface area contributed by atoms with Gasteiger partial charge in [-0.2, -0.15) is 0 Å². The number of carbonyl (C=O) groups is 1. The van der Waals surface area contributed by atoms with Gasteiger partial charge in [0.15, 0.2) is 0 Å². The summed E-state index contributed by atoms with van der Waals surface area (Å²) in [5.74, 6) is 0.868. The molecule has 3 rings (SSSR count). The minimum absolute atomic E-state index is 0.0120. The third-order valence-corrected chi connectivity index (χ3v) is 5.19. The van der Waals surface area contributed by atoms with Crippen molar-refractivity contribution in [2.75, 3.05) is 11.9 Å². The van der Waals surface area contributed by atoms with Crippen LogP contribution in [0.3, 0.4) is 0 Å². The monoisotopic (exact) mass is 355 g/mol. The summed E-state index contributed by atoms with van der Waals surface area (Å²) in [5.41, 5.74) is 5.65. The van der Waals surface area contributed by atoms with Gasteiger partial charge in [-0.05, 0) is 25.1 Å². The smallest absolute Gasteiger partial charge is 0.245 e. The standard InChI is InChI=1S/C20H25N3O3/c1-4-25-16-13-20(21,19(16,2)3)18(24)23-14-8-7-9-15(12-14)26-17-10-5-6-11-22-17/h5-12,16H,4,13,21H2,1-3H3,(H,23,24). The van der Waals surface area contributed by atoms with Crippen molar-refractivity contribution in [3.8, 4) is 11.6 Å². The number of nitrogens with one attached hydrogen (secondary N) is 1. The number of nitrogens with zero attached hydrogens (tertiary/aromatic N) is 1. The van der Waals surface area contributed by atoms with E-state index in [1.54, 1.807) is 30.5 Å². The molecule has 1 amide bonds. The first-order valence-electron chi connectivity index (χ1n) is 8.77. The van der Waals surface area contributed by atoms with E-state index in [2.05, 4.69) is 10.3 Å². The van der Waals surface area contributed by atoms with E-state index in [1.807, 2.05) is 39.0 Å². The first kappa shape index (κ1) is 18.4. The van der Waals surface area contributed by atoms with Crippen LogP contribution >= 0.6 is 0 Å². The highest BCUT2D eigenvalue weighted by molar-refractivity contribution is 5.99. The zero-order chi connectivity index (χ0) is 18.8. The fourth-order valence-electron chi connectivity index (χ4n) is 3.23. The Labute approximate surface area is 153 Å². The second-order valence-electron chi connectivity index (χ2n) is 7.09. The van der Waals surface area contributed by atoms with Gasteiger partial charge in [0.1, 0.15) is 11.3 Å². The van der Waals surface area contributed by atoms with Crippen LogP contribution in [0, 0.1) is 5.41 Å². The molecule has 2 unspecified atom stereocenters. The molecule has 1 saturated carbocycles. The molecule has 1 aromatic carbocycles. The maximum absolute atomic E-state index is 12.8. The highest BCUT2D eigenvalue weighted by Gasteiger charge is 2.62. The maximum Gasteiger partial charge on any atom is 0.245 e. The van der Waals surface area contributed by atoms with E-state index < -0.39 is 11.0 Å². The van der Waals surface area contributed by atoms with Gasteiger partial charge in [0.25, 0.3) is 0 Å². The Kier molecular flexibility index (Phi) is 4.98. The lowest BCUT2D eigenvalue weighted by Gasteiger charge is -2.57. The predicted octanol–water partition coefficient (Wildman–Crippen LogP) is 3.34. The van der Waals surface area contributed by atoms with Crippen molar-refractivity contribution in [3.05, 3.63) is 48.7 Å². The Morgan fingerprint density at radius 2 is 2.12 bits per heavy atom. The van der Waals surface area contributed by atoms with Crippen LogP contribution in [0.5, 0.6) is 11.6 Å². The quantitative estimate of drug-likeness (QED) is 0.830. The van der Waals surface area contributed by atoms with E-state index >= 15 is 0 Å². The largest absolute Gasteiger partial charge is 0.439 e. The topological polar surface area (TPSA) is 86.5 Å². The number of hydrogen-bond acceptors (Lipinski definition) is 5. The maximum atomic E-state index is 12.8. The lowest BCUT2D eigenvalue weighted by atomic mass is 9.54. The normalized spacial score (nSPS) is 23.8. The molecule has 0 bridgehead atoms. The lowest BCUT2D eigenvalue weighted by molar-refractivity contribution is -0.166. The first-order chi connectivity index (χ1) is 12.4. The van der Waals surface area contributed by atoms with Gasteiger partial charge in [0.2, 0.25) is 11.8 Å². The summed E-state index contributed by atoms with van der Waals surface area (Å²) in [6.45, 7) is 6.49. The van der Waals surface area contributed by atoms with E-state index in [0.29, 0.717) is 30.3 Å². The molecule has 0 radical (unpaired) electrons. The van der Waals surface area contributed by atoms with Crippen molar-refractivity contribution in [1.82, 2.24) is 4.98 Å². The van der Waals surface area contributed by atoms with Crippen LogP contribution < -0.4 is 15.8 Å². The molecule has 1 heterocycles. The van der Waals surface area contributed by atoms with Crippen LogP contribution in [0.2, 0.25) is 0 Å². The number of ether oxygens (including phenoxy) is 2. The van der Waals surface area contributed by atoms with Crippen molar-refractivity contribution in [2.45, 2.75) is 38.8 Å². The summed E-state index contributed by atoms with van der Waals surface area (Å²) in [6, 6.07) is 12.6. The average Bonchev–Trinajstić information content (AvgIpc) is 2.62. The number of aromatic nitrogens is 1. The van der Waals surface area contributed by atoms with E-state index in [9.17, 15) is 4.79 Å². The lowest BCUT2D eigenvalue weighted by Crippen LogP contribution is -2.74. The summed E-state index contributed by atoms with van der Waals surface area (Å²) in [4.78, 5) is 16.9. The van der Waals surface area contributed by atoms with Crippen molar-refractivity contribution < 1.29 is 14.3 Å². The molecule has 138 valence electrons. The van der Waals surface area contributed by atoms with Gasteiger partial charge in [0, 0.05) is 42.5 Å². The minimum Gasteiger partial charge on any atom is -0.439 e. The Morgan fingerprint density at radius 3 is 2.77 bits per heavy atom. The molecule has 0 aliphatic heterocycles. The number of carbonyl (C=O) groups excluding carboxylic acids is 1. The minimum atomic E-state index is -0.968. The van der Waals surface area contributed by atoms with Crippen molar-refractivity contribution in [1.29, 1.82) is 0 Å². The zero-order valence-corrected chi connectivity index (χ0v) is 15.4. The van der Waals surface area contributed by atoms with Crippen LogP contribution in [0.25, 0.3) is 0 Å². The Balaban J connectivity index is 1.69. The van der Waals surface area contributed by atoms with E-state index in [4.69, 9.17) is 15.2 Å². The molecule has 2 atom stereocenters. The highest BCUT2D eigenvalue weighted by Crippen LogP contribution is 2.50. The summed E-state index contributed by atoms with van der Waals surface area (Å²) in [5, 5.41) is 2.91. The van der Waals surface area contributed by atoms with Crippen LogP contribution in [0.15, 0.2) is 48.7 Å². The van der Waals surface area contributed by atoms with Crippen molar-refractivity contribution in [3.63, 3.8) is 0 Å². The SMILES string of the molecule is CCOC1CC(N)(C(=O)Nc2cccc(Oc3ccccn3)c2)C1(C)C. The number of pyridine rings is 1. The van der Waals surface area contributed by atoms with E-state index in [-0.39, 0.29) is 12.0 Å². The molecule has 1 fully saturated rings. The molecule has 6 heteroatoms. The number of benzene rings is 1. The fourth-order valence-corrected chi connectivity index (χ4v) is 3.23. The van der Waals surface area contributed by atoms with E-state index in [1.165, 1.54) is 0 Å². The summed E-state index contributed by atoms with van der Waals surface area (Å²) in [7, 11) is 0. The molecule has 0 spiro atoms. The molecule has 2 aromatic rings. The van der Waals surface area contributed by atoms with Crippen molar-refractivity contribution in [2.24, 2.45) is 11.1 Å². The summed E-state index contributed by atoms with van der Waals surface area (Å²) in [6.07, 6.45) is 2.15. The van der Waals surface area contributed by atoms with Crippen molar-refractivity contribution >= 4 is 11.6 Å². The molecular weight excluding hydrogens is 330 g/mol. The molecule has 0 saturated heterocycles. The molecule has 3 N–H and O–H groups in total. The van der Waals surface area contributed by atoms with Gasteiger partial charge >= 0.3 is 0 Å². The fraction of sp³-hybridized carbons (Fsp3) is 0.400. The Bertz CT molecular complexity index is 779. The number of hydrogen-bond donors (Lipinski definition) is 2. The molecule has 1 aliphatic carbocycles. The third kappa shape index (κ3) is 3.30. The molecule has 1 aromatic heterocycles. The van der Waals surface area contributed by atoms with Crippen LogP contribution in [0.1, 0.15) is 27.2 Å². The Hall–Kier alpha value is -2.44. The summed E-state index contributed by atoms with van der Waals surface area (Å²) >= 11 is 0. The third-order valence-electron chi connectivity index (χ3n) is 5.19. The number of nitrogens with two attached hydrogens (primary N) is 1. The Morgan fingerprint density at radius 1 is 1.31 bits per heavy atom. The second kappa shape index (κ2) is 7.05.